The highest BCUT2D eigenvalue weighted by molar-refractivity contribution is 7.13. The van der Waals surface area contributed by atoms with E-state index in [0.717, 1.165) is 42.1 Å². The third-order valence-corrected chi connectivity index (χ3v) is 5.60. The van der Waals surface area contributed by atoms with E-state index in [0.29, 0.717) is 17.9 Å². The third-order valence-electron chi connectivity index (χ3n) is 4.66. The molecule has 0 N–H and O–H groups in total. The van der Waals surface area contributed by atoms with Crippen molar-refractivity contribution in [1.82, 2.24) is 9.88 Å². The van der Waals surface area contributed by atoms with Crippen molar-refractivity contribution >= 4 is 17.2 Å². The van der Waals surface area contributed by atoms with Crippen LogP contribution in [0.3, 0.4) is 0 Å². The molecule has 1 aromatic heterocycles. The van der Waals surface area contributed by atoms with E-state index in [2.05, 4.69) is 11.6 Å². The van der Waals surface area contributed by atoms with Crippen molar-refractivity contribution < 1.29 is 14.3 Å². The van der Waals surface area contributed by atoms with Crippen molar-refractivity contribution in [3.8, 4) is 22.1 Å². The molecule has 1 fully saturated rings. The Hall–Kier alpha value is -2.34. The molecule has 1 aromatic carbocycles. The molecule has 1 aliphatic heterocycles. The van der Waals surface area contributed by atoms with Crippen LogP contribution in [0.25, 0.3) is 10.6 Å². The van der Waals surface area contributed by atoms with Gasteiger partial charge in [0.1, 0.15) is 5.01 Å². The van der Waals surface area contributed by atoms with E-state index in [1.165, 1.54) is 11.3 Å². The normalized spacial score (nSPS) is 17.0. The molecule has 1 unspecified atom stereocenters. The van der Waals surface area contributed by atoms with E-state index >= 15 is 0 Å². The number of amides is 1. The van der Waals surface area contributed by atoms with Crippen molar-refractivity contribution in [3.63, 3.8) is 0 Å². The maximum Gasteiger partial charge on any atom is 0.229 e. The van der Waals surface area contributed by atoms with Gasteiger partial charge in [0.15, 0.2) is 11.5 Å². The van der Waals surface area contributed by atoms with E-state index in [1.807, 2.05) is 34.6 Å². The number of piperidine rings is 1. The molecule has 5 nitrogen and oxygen atoms in total. The number of hydrogen-bond acceptors (Lipinski definition) is 5. The van der Waals surface area contributed by atoms with Crippen LogP contribution < -0.4 is 9.47 Å². The van der Waals surface area contributed by atoms with Crippen LogP contribution in [0.2, 0.25) is 0 Å². The number of aromatic nitrogens is 1. The van der Waals surface area contributed by atoms with Crippen LogP contribution in [0, 0.1) is 0 Å². The first-order valence-electron chi connectivity index (χ1n) is 8.75. The zero-order valence-electron chi connectivity index (χ0n) is 15.2. The number of carbonyl (C=O) groups excluding carboxylic acids is 1. The molecule has 6 heteroatoms. The summed E-state index contributed by atoms with van der Waals surface area (Å²) in [6.45, 7) is 4.68. The van der Waals surface area contributed by atoms with Crippen molar-refractivity contribution in [3.05, 3.63) is 41.9 Å². The zero-order valence-corrected chi connectivity index (χ0v) is 16.1. The number of hydrogen-bond donors (Lipinski definition) is 0. The van der Waals surface area contributed by atoms with Gasteiger partial charge in [-0.1, -0.05) is 6.08 Å². The summed E-state index contributed by atoms with van der Waals surface area (Å²) >= 11 is 1.53. The second-order valence-corrected chi connectivity index (χ2v) is 7.13. The van der Waals surface area contributed by atoms with Gasteiger partial charge in [-0.05, 0) is 37.5 Å². The van der Waals surface area contributed by atoms with Crippen LogP contribution in [0.15, 0.2) is 36.2 Å². The molecule has 2 aromatic rings. The highest BCUT2D eigenvalue weighted by Crippen LogP contribution is 2.33. The Morgan fingerprint density at radius 1 is 1.35 bits per heavy atom. The second kappa shape index (κ2) is 8.36. The number of methoxy groups -OCH3 is 2. The summed E-state index contributed by atoms with van der Waals surface area (Å²) < 4.78 is 10.6. The van der Waals surface area contributed by atoms with E-state index in [-0.39, 0.29) is 11.9 Å². The molecule has 0 bridgehead atoms. The van der Waals surface area contributed by atoms with Crippen LogP contribution in [-0.2, 0) is 11.2 Å². The van der Waals surface area contributed by atoms with Gasteiger partial charge >= 0.3 is 0 Å². The average Bonchev–Trinajstić information content (AvgIpc) is 3.15. The van der Waals surface area contributed by atoms with Gasteiger partial charge in [-0.3, -0.25) is 4.79 Å². The quantitative estimate of drug-likeness (QED) is 0.721. The first kappa shape index (κ1) is 18.5. The molecule has 3 rings (SSSR count). The zero-order chi connectivity index (χ0) is 18.5. The average molecular weight is 372 g/mol. The van der Waals surface area contributed by atoms with Gasteiger partial charge in [-0.15, -0.1) is 17.9 Å². The first-order chi connectivity index (χ1) is 12.7. The topological polar surface area (TPSA) is 51.7 Å². The lowest BCUT2D eigenvalue weighted by atomic mass is 10.0. The number of nitrogens with zero attached hydrogens (tertiary/aromatic N) is 2. The molecule has 0 spiro atoms. The second-order valence-electron chi connectivity index (χ2n) is 6.28. The summed E-state index contributed by atoms with van der Waals surface area (Å²) in [5.41, 5.74) is 1.76. The van der Waals surface area contributed by atoms with Crippen LogP contribution in [-0.4, -0.2) is 42.6 Å². The fourth-order valence-corrected chi connectivity index (χ4v) is 4.08. The minimum absolute atomic E-state index is 0.124. The molecule has 1 atom stereocenters. The van der Waals surface area contributed by atoms with Crippen molar-refractivity contribution in [2.75, 3.05) is 20.8 Å². The van der Waals surface area contributed by atoms with E-state index in [1.54, 1.807) is 14.2 Å². The third kappa shape index (κ3) is 3.90. The van der Waals surface area contributed by atoms with Crippen LogP contribution >= 0.6 is 11.3 Å². The Balaban J connectivity index is 1.73. The number of rotatable bonds is 6. The monoisotopic (exact) mass is 372 g/mol. The van der Waals surface area contributed by atoms with Gasteiger partial charge in [-0.25, -0.2) is 4.98 Å². The number of ether oxygens (including phenoxy) is 2. The Morgan fingerprint density at radius 3 is 2.88 bits per heavy atom. The lowest BCUT2D eigenvalue weighted by Crippen LogP contribution is -2.43. The standard InChI is InChI=1S/C20H24N2O3S/c1-4-16-7-5-6-10-22(16)19(23)12-15-13-26-20(21-15)14-8-9-17(24-2)18(11-14)25-3/h4,8-9,11,13,16H,1,5-7,10,12H2,2-3H3. The predicted octanol–water partition coefficient (Wildman–Crippen LogP) is 3.94. The minimum Gasteiger partial charge on any atom is -0.493 e. The van der Waals surface area contributed by atoms with Crippen molar-refractivity contribution in [2.24, 2.45) is 0 Å². The maximum atomic E-state index is 12.7. The summed E-state index contributed by atoms with van der Waals surface area (Å²) in [6.07, 6.45) is 5.43. The number of likely N-dealkylation sites (tertiary alicyclic amines) is 1. The maximum absolute atomic E-state index is 12.7. The lowest BCUT2D eigenvalue weighted by Gasteiger charge is -2.33. The highest BCUT2D eigenvalue weighted by Gasteiger charge is 2.25. The Bertz CT molecular complexity index is 787. The highest BCUT2D eigenvalue weighted by atomic mass is 32.1. The van der Waals surface area contributed by atoms with Gasteiger partial charge in [0.05, 0.1) is 26.3 Å². The van der Waals surface area contributed by atoms with Crippen LogP contribution in [0.1, 0.15) is 25.0 Å². The van der Waals surface area contributed by atoms with Crippen LogP contribution in [0.5, 0.6) is 11.5 Å². The molecule has 1 amide bonds. The van der Waals surface area contributed by atoms with Gasteiger partial charge in [0.2, 0.25) is 5.91 Å². The largest absolute Gasteiger partial charge is 0.493 e. The van der Waals surface area contributed by atoms with Gasteiger partial charge < -0.3 is 14.4 Å². The Kier molecular flexibility index (Phi) is 5.93. The number of thiazole rings is 1. The molecule has 0 radical (unpaired) electrons. The molecule has 0 saturated carbocycles. The number of carbonyl (C=O) groups is 1. The van der Waals surface area contributed by atoms with Crippen molar-refractivity contribution in [1.29, 1.82) is 0 Å². The molecular weight excluding hydrogens is 348 g/mol. The van der Waals surface area contributed by atoms with Crippen molar-refractivity contribution in [2.45, 2.75) is 31.7 Å². The SMILES string of the molecule is C=CC1CCCCN1C(=O)Cc1csc(-c2ccc(OC)c(OC)c2)n1. The van der Waals surface area contributed by atoms with E-state index in [9.17, 15) is 4.79 Å². The summed E-state index contributed by atoms with van der Waals surface area (Å²) in [5, 5.41) is 2.82. The van der Waals surface area contributed by atoms with Gasteiger partial charge in [0, 0.05) is 23.5 Å². The van der Waals surface area contributed by atoms with Gasteiger partial charge in [-0.2, -0.15) is 0 Å². The van der Waals surface area contributed by atoms with E-state index < -0.39 is 0 Å². The molecule has 138 valence electrons. The summed E-state index contributed by atoms with van der Waals surface area (Å²) in [5.74, 6) is 1.47. The smallest absolute Gasteiger partial charge is 0.229 e. The minimum atomic E-state index is 0.124. The fraction of sp³-hybridized carbons (Fsp3) is 0.400. The van der Waals surface area contributed by atoms with Crippen LogP contribution in [0.4, 0.5) is 0 Å². The Morgan fingerprint density at radius 2 is 2.15 bits per heavy atom. The summed E-state index contributed by atoms with van der Waals surface area (Å²) in [7, 11) is 3.23. The predicted molar refractivity (Wildman–Crippen MR) is 104 cm³/mol. The van der Waals surface area contributed by atoms with Gasteiger partial charge in [0.25, 0.3) is 0 Å². The molecule has 1 saturated heterocycles. The summed E-state index contributed by atoms with van der Waals surface area (Å²) in [4.78, 5) is 19.3. The molecule has 0 aliphatic carbocycles. The molecule has 26 heavy (non-hydrogen) atoms. The Labute approximate surface area is 158 Å². The fourth-order valence-electron chi connectivity index (χ4n) is 3.26. The number of benzene rings is 1. The molecule has 2 heterocycles. The lowest BCUT2D eigenvalue weighted by molar-refractivity contribution is -0.133. The van der Waals surface area contributed by atoms with E-state index in [4.69, 9.17) is 9.47 Å². The first-order valence-corrected chi connectivity index (χ1v) is 9.63. The molecular formula is C20H24N2O3S. The summed E-state index contributed by atoms with van der Waals surface area (Å²) in [6, 6.07) is 5.87. The molecule has 1 aliphatic rings.